The molecule has 0 spiro atoms. The van der Waals surface area contributed by atoms with Crippen molar-refractivity contribution in [2.45, 2.75) is 58.2 Å². The first-order valence-corrected chi connectivity index (χ1v) is 8.44. The third-order valence-corrected chi connectivity index (χ3v) is 4.35. The van der Waals surface area contributed by atoms with Gasteiger partial charge in [-0.05, 0) is 58.1 Å². The van der Waals surface area contributed by atoms with Crippen LogP contribution in [0.1, 0.15) is 44.6 Å². The maximum Gasteiger partial charge on any atom is 0.321 e. The first kappa shape index (κ1) is 17.6. The van der Waals surface area contributed by atoms with E-state index in [9.17, 15) is 9.90 Å². The molecule has 1 aliphatic carbocycles. The van der Waals surface area contributed by atoms with Crippen molar-refractivity contribution in [2.24, 2.45) is 0 Å². The van der Waals surface area contributed by atoms with Crippen LogP contribution in [0.2, 0.25) is 0 Å². The minimum atomic E-state index is -0.407. The molecule has 0 aliphatic heterocycles. The molecule has 23 heavy (non-hydrogen) atoms. The van der Waals surface area contributed by atoms with Crippen LogP contribution < -0.4 is 10.1 Å². The van der Waals surface area contributed by atoms with Crippen LogP contribution in [0.5, 0.6) is 5.75 Å². The maximum absolute atomic E-state index is 12.2. The van der Waals surface area contributed by atoms with Crippen molar-refractivity contribution >= 4 is 11.7 Å². The highest BCUT2D eigenvalue weighted by Crippen LogP contribution is 2.30. The number of rotatable bonds is 6. The highest BCUT2D eigenvalue weighted by molar-refractivity contribution is 5.90. The van der Waals surface area contributed by atoms with Crippen molar-refractivity contribution in [1.82, 2.24) is 4.90 Å². The van der Waals surface area contributed by atoms with Gasteiger partial charge in [0, 0.05) is 24.8 Å². The van der Waals surface area contributed by atoms with Crippen LogP contribution in [-0.4, -0.2) is 41.8 Å². The molecule has 2 N–H and O–H groups in total. The molecular weight excluding hydrogens is 292 g/mol. The third-order valence-electron chi connectivity index (χ3n) is 4.35. The van der Waals surface area contributed by atoms with Gasteiger partial charge >= 0.3 is 6.03 Å². The van der Waals surface area contributed by atoms with Gasteiger partial charge < -0.3 is 20.1 Å². The largest absolute Gasteiger partial charge is 0.490 e. The Kier molecular flexibility index (Phi) is 6.28. The van der Waals surface area contributed by atoms with E-state index in [1.165, 1.54) is 12.8 Å². The number of anilines is 1. The lowest BCUT2D eigenvalue weighted by Crippen LogP contribution is -2.33. The summed E-state index contributed by atoms with van der Waals surface area (Å²) in [5, 5.41) is 12.2. The summed E-state index contributed by atoms with van der Waals surface area (Å²) < 4.78 is 6.07. The quantitative estimate of drug-likeness (QED) is 0.842. The molecule has 1 aliphatic rings. The Balaban J connectivity index is 1.97. The number of urea groups is 1. The number of aliphatic hydroxyl groups is 1. The van der Waals surface area contributed by atoms with Gasteiger partial charge in [0.05, 0.1) is 12.2 Å². The van der Waals surface area contributed by atoms with E-state index < -0.39 is 6.10 Å². The monoisotopic (exact) mass is 320 g/mol. The van der Waals surface area contributed by atoms with E-state index in [0.717, 1.165) is 29.8 Å². The molecule has 0 heterocycles. The van der Waals surface area contributed by atoms with Crippen LogP contribution in [0.3, 0.4) is 0 Å². The van der Waals surface area contributed by atoms with Crippen molar-refractivity contribution in [3.8, 4) is 5.75 Å². The van der Waals surface area contributed by atoms with E-state index in [2.05, 4.69) is 5.32 Å². The number of aliphatic hydroxyl groups excluding tert-OH is 1. The highest BCUT2D eigenvalue weighted by atomic mass is 16.5. The number of nitrogens with one attached hydrogen (secondary N) is 1. The minimum absolute atomic E-state index is 0.174. The number of ether oxygens (including phenoxy) is 1. The normalized spacial score (nSPS) is 16.2. The molecular formula is C18H28N2O3. The van der Waals surface area contributed by atoms with Gasteiger partial charge in [-0.3, -0.25) is 0 Å². The lowest BCUT2D eigenvalue weighted by molar-refractivity contribution is 0.167. The standard InChI is InChI=1S/C18H28N2O3/c1-13(21)11-12-20(3)18(22)19-16-9-6-10-17(14(16)2)23-15-7-4-5-8-15/h6,9-10,13,15,21H,4-5,7-8,11-12H2,1-3H3,(H,19,22). The van der Waals surface area contributed by atoms with E-state index in [1.807, 2.05) is 25.1 Å². The third kappa shape index (κ3) is 5.13. The van der Waals surface area contributed by atoms with E-state index in [1.54, 1.807) is 18.9 Å². The van der Waals surface area contributed by atoms with Crippen LogP contribution in [0.4, 0.5) is 10.5 Å². The number of benzene rings is 1. The summed E-state index contributed by atoms with van der Waals surface area (Å²) in [5.74, 6) is 0.848. The fraction of sp³-hybridized carbons (Fsp3) is 0.611. The SMILES string of the molecule is Cc1c(NC(=O)N(C)CCC(C)O)cccc1OC1CCCC1. The first-order chi connectivity index (χ1) is 11.0. The number of carbonyl (C=O) groups is 1. The smallest absolute Gasteiger partial charge is 0.321 e. The van der Waals surface area contributed by atoms with E-state index >= 15 is 0 Å². The van der Waals surface area contributed by atoms with Crippen LogP contribution in [-0.2, 0) is 0 Å². The zero-order chi connectivity index (χ0) is 16.8. The van der Waals surface area contributed by atoms with Crippen molar-refractivity contribution in [1.29, 1.82) is 0 Å². The number of carbonyl (C=O) groups excluding carboxylic acids is 1. The molecule has 0 radical (unpaired) electrons. The fourth-order valence-corrected chi connectivity index (χ4v) is 2.76. The Hall–Kier alpha value is -1.75. The van der Waals surface area contributed by atoms with Crippen molar-refractivity contribution in [2.75, 3.05) is 18.9 Å². The molecule has 128 valence electrons. The summed E-state index contributed by atoms with van der Waals surface area (Å²) in [6, 6.07) is 5.58. The molecule has 1 atom stereocenters. The summed E-state index contributed by atoms with van der Waals surface area (Å²) in [7, 11) is 1.73. The van der Waals surface area contributed by atoms with Crippen molar-refractivity contribution in [3.63, 3.8) is 0 Å². The number of amides is 2. The Labute approximate surface area is 138 Å². The van der Waals surface area contributed by atoms with Crippen molar-refractivity contribution in [3.05, 3.63) is 23.8 Å². The van der Waals surface area contributed by atoms with E-state index in [-0.39, 0.29) is 6.03 Å². The molecule has 2 rings (SSSR count). The second-order valence-corrected chi connectivity index (χ2v) is 6.44. The molecule has 0 aromatic heterocycles. The topological polar surface area (TPSA) is 61.8 Å². The van der Waals surface area contributed by atoms with Crippen LogP contribution in [0.15, 0.2) is 18.2 Å². The van der Waals surface area contributed by atoms with Gasteiger partial charge in [0.2, 0.25) is 0 Å². The van der Waals surface area contributed by atoms with Gasteiger partial charge in [-0.2, -0.15) is 0 Å². The lowest BCUT2D eigenvalue weighted by Gasteiger charge is -2.21. The van der Waals surface area contributed by atoms with Gasteiger partial charge in [0.1, 0.15) is 5.75 Å². The molecule has 0 saturated heterocycles. The summed E-state index contributed by atoms with van der Waals surface area (Å²) in [4.78, 5) is 13.8. The van der Waals surface area contributed by atoms with E-state index in [4.69, 9.17) is 4.74 Å². The molecule has 1 aromatic rings. The maximum atomic E-state index is 12.2. The predicted octanol–water partition coefficient (Wildman–Crippen LogP) is 3.55. The summed E-state index contributed by atoms with van der Waals surface area (Å²) >= 11 is 0. The molecule has 1 unspecified atom stereocenters. The number of nitrogens with zero attached hydrogens (tertiary/aromatic N) is 1. The molecule has 1 saturated carbocycles. The van der Waals surface area contributed by atoms with Gasteiger partial charge in [-0.15, -0.1) is 0 Å². The molecule has 1 aromatic carbocycles. The van der Waals surface area contributed by atoms with Crippen molar-refractivity contribution < 1.29 is 14.6 Å². The lowest BCUT2D eigenvalue weighted by atomic mass is 10.1. The fourth-order valence-electron chi connectivity index (χ4n) is 2.76. The highest BCUT2D eigenvalue weighted by Gasteiger charge is 2.18. The first-order valence-electron chi connectivity index (χ1n) is 8.44. The molecule has 5 heteroatoms. The minimum Gasteiger partial charge on any atom is -0.490 e. The Morgan fingerprint density at radius 3 is 2.78 bits per heavy atom. The zero-order valence-electron chi connectivity index (χ0n) is 14.3. The average molecular weight is 320 g/mol. The Bertz CT molecular complexity index is 525. The summed E-state index contributed by atoms with van der Waals surface area (Å²) in [6.45, 7) is 4.20. The van der Waals surface area contributed by atoms with Gasteiger partial charge in [-0.25, -0.2) is 4.79 Å². The Morgan fingerprint density at radius 1 is 1.43 bits per heavy atom. The molecule has 2 amide bonds. The number of hydrogen-bond acceptors (Lipinski definition) is 3. The predicted molar refractivity (Wildman–Crippen MR) is 92.0 cm³/mol. The number of hydrogen-bond donors (Lipinski definition) is 2. The second-order valence-electron chi connectivity index (χ2n) is 6.44. The molecule has 5 nitrogen and oxygen atoms in total. The van der Waals surface area contributed by atoms with Crippen LogP contribution in [0, 0.1) is 6.92 Å². The zero-order valence-corrected chi connectivity index (χ0v) is 14.3. The van der Waals surface area contributed by atoms with Gasteiger partial charge in [-0.1, -0.05) is 6.07 Å². The summed E-state index contributed by atoms with van der Waals surface area (Å²) in [6.07, 6.45) is 5.13. The second kappa shape index (κ2) is 8.20. The van der Waals surface area contributed by atoms with Gasteiger partial charge in [0.15, 0.2) is 0 Å². The van der Waals surface area contributed by atoms with Crippen LogP contribution in [0.25, 0.3) is 0 Å². The molecule has 0 bridgehead atoms. The summed E-state index contributed by atoms with van der Waals surface area (Å²) in [5.41, 5.74) is 1.73. The van der Waals surface area contributed by atoms with Crippen LogP contribution >= 0.6 is 0 Å². The Morgan fingerprint density at radius 2 is 2.13 bits per heavy atom. The average Bonchev–Trinajstić information content (AvgIpc) is 3.01. The van der Waals surface area contributed by atoms with E-state index in [0.29, 0.717) is 19.1 Å². The molecule has 1 fully saturated rings. The van der Waals surface area contributed by atoms with Gasteiger partial charge in [0.25, 0.3) is 0 Å².